The van der Waals surface area contributed by atoms with E-state index in [1.54, 1.807) is 17.0 Å². The van der Waals surface area contributed by atoms with Gasteiger partial charge in [0.2, 0.25) is 11.8 Å². The summed E-state index contributed by atoms with van der Waals surface area (Å²) in [5.41, 5.74) is 0.972. The molecular formula is C17H23FN2O3S. The van der Waals surface area contributed by atoms with Gasteiger partial charge in [0.1, 0.15) is 5.82 Å². The summed E-state index contributed by atoms with van der Waals surface area (Å²) in [7, 11) is 0. The lowest BCUT2D eigenvalue weighted by Gasteiger charge is -2.26. The SMILES string of the molecule is CC(Cc1ccc(F)cc1)NC(=O)CSCC(=O)N1CCOCC1. The van der Waals surface area contributed by atoms with Crippen LogP contribution in [0.3, 0.4) is 0 Å². The van der Waals surface area contributed by atoms with E-state index in [4.69, 9.17) is 4.74 Å². The predicted octanol–water partition coefficient (Wildman–Crippen LogP) is 1.46. The lowest BCUT2D eigenvalue weighted by Crippen LogP contribution is -2.42. The molecule has 1 aliphatic heterocycles. The first-order chi connectivity index (χ1) is 11.5. The summed E-state index contributed by atoms with van der Waals surface area (Å²) in [5, 5.41) is 2.90. The summed E-state index contributed by atoms with van der Waals surface area (Å²) in [6.07, 6.45) is 0.642. The number of amides is 2. The molecule has 24 heavy (non-hydrogen) atoms. The Bertz CT molecular complexity index is 547. The van der Waals surface area contributed by atoms with Crippen LogP contribution >= 0.6 is 11.8 Å². The van der Waals surface area contributed by atoms with E-state index < -0.39 is 0 Å². The van der Waals surface area contributed by atoms with Crippen LogP contribution in [0.1, 0.15) is 12.5 Å². The number of carbonyl (C=O) groups is 2. The van der Waals surface area contributed by atoms with E-state index in [9.17, 15) is 14.0 Å². The van der Waals surface area contributed by atoms with E-state index >= 15 is 0 Å². The maximum Gasteiger partial charge on any atom is 0.232 e. The Balaban J connectivity index is 1.63. The minimum Gasteiger partial charge on any atom is -0.378 e. The van der Waals surface area contributed by atoms with Gasteiger partial charge in [-0.25, -0.2) is 4.39 Å². The van der Waals surface area contributed by atoms with Crippen molar-refractivity contribution in [1.82, 2.24) is 10.2 Å². The van der Waals surface area contributed by atoms with E-state index in [-0.39, 0.29) is 29.4 Å². The fourth-order valence-electron chi connectivity index (χ4n) is 2.48. The molecule has 0 spiro atoms. The molecule has 1 aliphatic rings. The Morgan fingerprint density at radius 3 is 2.58 bits per heavy atom. The van der Waals surface area contributed by atoms with E-state index in [2.05, 4.69) is 5.32 Å². The molecule has 1 atom stereocenters. The number of nitrogens with one attached hydrogen (secondary N) is 1. The summed E-state index contributed by atoms with van der Waals surface area (Å²) in [4.78, 5) is 25.6. The smallest absolute Gasteiger partial charge is 0.232 e. The molecule has 132 valence electrons. The van der Waals surface area contributed by atoms with Crippen LogP contribution < -0.4 is 5.32 Å². The lowest BCUT2D eigenvalue weighted by atomic mass is 10.1. The maximum absolute atomic E-state index is 12.9. The summed E-state index contributed by atoms with van der Waals surface area (Å²) in [6.45, 7) is 4.32. The van der Waals surface area contributed by atoms with Gasteiger partial charge in [-0.1, -0.05) is 12.1 Å². The zero-order chi connectivity index (χ0) is 17.4. The molecule has 0 saturated carbocycles. The van der Waals surface area contributed by atoms with Gasteiger partial charge in [-0.15, -0.1) is 11.8 Å². The Labute approximate surface area is 145 Å². The molecule has 2 rings (SSSR count). The van der Waals surface area contributed by atoms with Crippen LogP contribution in [0.4, 0.5) is 4.39 Å². The fraction of sp³-hybridized carbons (Fsp3) is 0.529. The van der Waals surface area contributed by atoms with Crippen molar-refractivity contribution in [1.29, 1.82) is 0 Å². The van der Waals surface area contributed by atoms with Crippen molar-refractivity contribution in [3.63, 3.8) is 0 Å². The van der Waals surface area contributed by atoms with Gasteiger partial charge in [0.05, 0.1) is 24.7 Å². The summed E-state index contributed by atoms with van der Waals surface area (Å²) < 4.78 is 18.1. The molecule has 1 aromatic carbocycles. The van der Waals surface area contributed by atoms with Gasteiger partial charge in [-0.05, 0) is 31.0 Å². The predicted molar refractivity (Wildman–Crippen MR) is 92.4 cm³/mol. The number of rotatable bonds is 7. The van der Waals surface area contributed by atoms with Crippen molar-refractivity contribution in [3.8, 4) is 0 Å². The number of thioether (sulfide) groups is 1. The summed E-state index contributed by atoms with van der Waals surface area (Å²) >= 11 is 1.32. The van der Waals surface area contributed by atoms with Crippen molar-refractivity contribution in [2.24, 2.45) is 0 Å². The van der Waals surface area contributed by atoms with Crippen LogP contribution in [0.15, 0.2) is 24.3 Å². The highest BCUT2D eigenvalue weighted by atomic mass is 32.2. The van der Waals surface area contributed by atoms with Gasteiger partial charge >= 0.3 is 0 Å². The van der Waals surface area contributed by atoms with Crippen molar-refractivity contribution in [3.05, 3.63) is 35.6 Å². The Hall–Kier alpha value is -1.60. The van der Waals surface area contributed by atoms with Crippen LogP contribution in [0.25, 0.3) is 0 Å². The van der Waals surface area contributed by atoms with Crippen molar-refractivity contribution >= 4 is 23.6 Å². The van der Waals surface area contributed by atoms with Crippen LogP contribution in [0.2, 0.25) is 0 Å². The van der Waals surface area contributed by atoms with E-state index in [0.717, 1.165) is 5.56 Å². The van der Waals surface area contributed by atoms with Crippen molar-refractivity contribution < 1.29 is 18.7 Å². The first-order valence-corrected chi connectivity index (χ1v) is 9.17. The van der Waals surface area contributed by atoms with E-state index in [1.165, 1.54) is 23.9 Å². The maximum atomic E-state index is 12.9. The molecule has 0 aromatic heterocycles. The number of benzene rings is 1. The van der Waals surface area contributed by atoms with Gasteiger partial charge in [0.25, 0.3) is 0 Å². The number of nitrogens with zero attached hydrogens (tertiary/aromatic N) is 1. The molecule has 0 aliphatic carbocycles. The molecule has 5 nitrogen and oxygen atoms in total. The third-order valence-electron chi connectivity index (χ3n) is 3.69. The second-order valence-corrected chi connectivity index (χ2v) is 6.77. The first-order valence-electron chi connectivity index (χ1n) is 8.01. The summed E-state index contributed by atoms with van der Waals surface area (Å²) in [5.74, 6) is 0.250. The van der Waals surface area contributed by atoms with Crippen LogP contribution in [-0.4, -0.2) is 60.6 Å². The first kappa shape index (κ1) is 18.7. The molecular weight excluding hydrogens is 331 g/mol. The molecule has 1 fully saturated rings. The lowest BCUT2D eigenvalue weighted by molar-refractivity contribution is -0.132. The van der Waals surface area contributed by atoms with Crippen molar-refractivity contribution in [2.45, 2.75) is 19.4 Å². The normalized spacial score (nSPS) is 15.8. The molecule has 2 amide bonds. The number of hydrogen-bond acceptors (Lipinski definition) is 4. The number of ether oxygens (including phenoxy) is 1. The summed E-state index contributed by atoms with van der Waals surface area (Å²) in [6, 6.07) is 6.22. The average Bonchev–Trinajstić information content (AvgIpc) is 2.57. The largest absolute Gasteiger partial charge is 0.378 e. The highest BCUT2D eigenvalue weighted by Crippen LogP contribution is 2.07. The van der Waals surface area contributed by atoms with Gasteiger partial charge in [-0.2, -0.15) is 0 Å². The average molecular weight is 354 g/mol. The van der Waals surface area contributed by atoms with Gasteiger partial charge in [0.15, 0.2) is 0 Å². The quantitative estimate of drug-likeness (QED) is 0.806. The van der Waals surface area contributed by atoms with Crippen molar-refractivity contribution in [2.75, 3.05) is 37.8 Å². The zero-order valence-electron chi connectivity index (χ0n) is 13.8. The van der Waals surface area contributed by atoms with Gasteiger partial charge in [0, 0.05) is 19.1 Å². The Morgan fingerprint density at radius 1 is 1.25 bits per heavy atom. The molecule has 1 heterocycles. The van der Waals surface area contributed by atoms with Gasteiger partial charge < -0.3 is 15.0 Å². The van der Waals surface area contributed by atoms with Crippen LogP contribution in [0, 0.1) is 5.82 Å². The topological polar surface area (TPSA) is 58.6 Å². The van der Waals surface area contributed by atoms with Gasteiger partial charge in [-0.3, -0.25) is 9.59 Å². The zero-order valence-corrected chi connectivity index (χ0v) is 14.6. The number of hydrogen-bond donors (Lipinski definition) is 1. The molecule has 1 N–H and O–H groups in total. The van der Waals surface area contributed by atoms with Crippen LogP contribution in [-0.2, 0) is 20.7 Å². The molecule has 0 bridgehead atoms. The number of morpholine rings is 1. The third kappa shape index (κ3) is 6.49. The monoisotopic (exact) mass is 354 g/mol. The Kier molecular flexibility index (Phi) is 7.52. The minimum absolute atomic E-state index is 0.0431. The molecule has 7 heteroatoms. The van der Waals surface area contributed by atoms with E-state index in [0.29, 0.717) is 38.5 Å². The standard InChI is InChI=1S/C17H23FN2O3S/c1-13(10-14-2-4-15(18)5-3-14)19-16(21)11-24-12-17(22)20-6-8-23-9-7-20/h2-5,13H,6-12H2,1H3,(H,19,21). The number of halogens is 1. The fourth-order valence-corrected chi connectivity index (χ4v) is 3.20. The number of carbonyl (C=O) groups excluding carboxylic acids is 2. The highest BCUT2D eigenvalue weighted by molar-refractivity contribution is 8.00. The Morgan fingerprint density at radius 2 is 1.92 bits per heavy atom. The second kappa shape index (κ2) is 9.64. The van der Waals surface area contributed by atoms with E-state index in [1.807, 2.05) is 6.92 Å². The minimum atomic E-state index is -0.267. The molecule has 1 saturated heterocycles. The molecule has 1 aromatic rings. The van der Waals surface area contributed by atoms with Crippen LogP contribution in [0.5, 0.6) is 0 Å². The second-order valence-electron chi connectivity index (χ2n) is 5.79. The third-order valence-corrected chi connectivity index (χ3v) is 4.60. The molecule has 1 unspecified atom stereocenters. The molecule has 0 radical (unpaired) electrons. The highest BCUT2D eigenvalue weighted by Gasteiger charge is 2.17.